The first kappa shape index (κ1) is 25.9. The van der Waals surface area contributed by atoms with Crippen molar-refractivity contribution in [2.24, 2.45) is 0 Å². The summed E-state index contributed by atoms with van der Waals surface area (Å²) in [5.74, 6) is 0. The highest BCUT2D eigenvalue weighted by atomic mass is 16.5. The van der Waals surface area contributed by atoms with E-state index in [9.17, 15) is 0 Å². The van der Waals surface area contributed by atoms with Crippen molar-refractivity contribution >= 4 is 0 Å². The van der Waals surface area contributed by atoms with Crippen molar-refractivity contribution in [1.29, 1.82) is 0 Å². The number of rotatable bonds is 16. The van der Waals surface area contributed by atoms with Crippen LogP contribution in [0.25, 0.3) is 0 Å². The highest BCUT2D eigenvalue weighted by molar-refractivity contribution is 4.69. The molecule has 0 amide bonds. The Balaban J connectivity index is 0.000000590. The quantitative estimate of drug-likeness (QED) is 0.256. The van der Waals surface area contributed by atoms with Crippen molar-refractivity contribution in [2.75, 3.05) is 13.2 Å². The van der Waals surface area contributed by atoms with E-state index in [2.05, 4.69) is 27.7 Å². The monoisotopic (exact) mass is 370 g/mol. The van der Waals surface area contributed by atoms with Gasteiger partial charge in [-0.05, 0) is 26.2 Å². The molecule has 1 aliphatic rings. The van der Waals surface area contributed by atoms with E-state index in [1.807, 2.05) is 0 Å². The van der Waals surface area contributed by atoms with E-state index in [0.29, 0.717) is 12.2 Å². The van der Waals surface area contributed by atoms with Crippen LogP contribution in [0.2, 0.25) is 0 Å². The van der Waals surface area contributed by atoms with Crippen molar-refractivity contribution in [2.45, 2.75) is 143 Å². The lowest BCUT2D eigenvalue weighted by atomic mass is 10.1. The summed E-state index contributed by atoms with van der Waals surface area (Å²) in [7, 11) is 0. The summed E-state index contributed by atoms with van der Waals surface area (Å²) in [6, 6.07) is 0. The van der Waals surface area contributed by atoms with Gasteiger partial charge in [-0.3, -0.25) is 0 Å². The van der Waals surface area contributed by atoms with Gasteiger partial charge in [0, 0.05) is 6.61 Å². The molecule has 0 spiro atoms. The fraction of sp³-hybridized carbons (Fsp3) is 1.00. The number of unbranched alkanes of at least 4 members (excludes halogenated alkanes) is 12. The summed E-state index contributed by atoms with van der Waals surface area (Å²) in [4.78, 5) is 0. The number of ether oxygens (including phenoxy) is 2. The fourth-order valence-corrected chi connectivity index (χ4v) is 3.41. The molecule has 0 aromatic rings. The predicted octanol–water partition coefficient (Wildman–Crippen LogP) is 8.08. The van der Waals surface area contributed by atoms with Crippen LogP contribution < -0.4 is 0 Å². The number of hydrogen-bond donors (Lipinski definition) is 0. The minimum Gasteiger partial charge on any atom is -0.379 e. The van der Waals surface area contributed by atoms with Crippen molar-refractivity contribution in [1.82, 2.24) is 0 Å². The zero-order valence-corrected chi connectivity index (χ0v) is 18.7. The Hall–Kier alpha value is -0.0800. The van der Waals surface area contributed by atoms with Gasteiger partial charge in [0.1, 0.15) is 0 Å². The van der Waals surface area contributed by atoms with Crippen LogP contribution in [-0.2, 0) is 9.47 Å². The average molecular weight is 371 g/mol. The van der Waals surface area contributed by atoms with E-state index in [-0.39, 0.29) is 0 Å². The van der Waals surface area contributed by atoms with Gasteiger partial charge in [0.05, 0.1) is 18.8 Å². The molecule has 0 N–H and O–H groups in total. The second kappa shape index (κ2) is 21.2. The molecule has 0 aromatic carbocycles. The SMILES string of the molecule is CCCCCCCCC.CCCCCCCCCOCC1CCC(C)O1. The zero-order valence-electron chi connectivity index (χ0n) is 18.7. The maximum Gasteiger partial charge on any atom is 0.0813 e. The molecule has 0 aromatic heterocycles. The van der Waals surface area contributed by atoms with Gasteiger partial charge < -0.3 is 9.47 Å². The summed E-state index contributed by atoms with van der Waals surface area (Å²) in [6.45, 7) is 10.7. The molecule has 1 saturated heterocycles. The zero-order chi connectivity index (χ0) is 19.3. The Morgan fingerprint density at radius 3 is 1.54 bits per heavy atom. The lowest BCUT2D eigenvalue weighted by Gasteiger charge is -2.11. The largest absolute Gasteiger partial charge is 0.379 e. The first-order valence-corrected chi connectivity index (χ1v) is 12.0. The maximum atomic E-state index is 5.71. The van der Waals surface area contributed by atoms with Gasteiger partial charge in [-0.1, -0.05) is 104 Å². The van der Waals surface area contributed by atoms with Crippen molar-refractivity contribution in [3.05, 3.63) is 0 Å². The van der Waals surface area contributed by atoms with E-state index < -0.39 is 0 Å². The Bertz CT molecular complexity index is 249. The summed E-state index contributed by atoms with van der Waals surface area (Å²) >= 11 is 0. The normalized spacial score (nSPS) is 19.4. The van der Waals surface area contributed by atoms with Gasteiger partial charge in [0.25, 0.3) is 0 Å². The van der Waals surface area contributed by atoms with Crippen LogP contribution >= 0.6 is 0 Å². The minimum absolute atomic E-state index is 0.370. The third-order valence-corrected chi connectivity index (χ3v) is 5.22. The van der Waals surface area contributed by atoms with Gasteiger partial charge in [-0.15, -0.1) is 0 Å². The van der Waals surface area contributed by atoms with Gasteiger partial charge in [-0.25, -0.2) is 0 Å². The Labute approximate surface area is 165 Å². The summed E-state index contributed by atoms with van der Waals surface area (Å²) < 4.78 is 11.4. The summed E-state index contributed by atoms with van der Waals surface area (Å²) in [6.07, 6.45) is 22.6. The molecule has 1 fully saturated rings. The van der Waals surface area contributed by atoms with Gasteiger partial charge >= 0.3 is 0 Å². The van der Waals surface area contributed by atoms with Gasteiger partial charge in [0.2, 0.25) is 0 Å². The van der Waals surface area contributed by atoms with Gasteiger partial charge in [-0.2, -0.15) is 0 Å². The lowest BCUT2D eigenvalue weighted by Crippen LogP contribution is -2.16. The Morgan fingerprint density at radius 1 is 0.654 bits per heavy atom. The molecular weight excluding hydrogens is 320 g/mol. The fourth-order valence-electron chi connectivity index (χ4n) is 3.41. The van der Waals surface area contributed by atoms with Crippen LogP contribution in [0.1, 0.15) is 130 Å². The van der Waals surface area contributed by atoms with Crippen molar-refractivity contribution < 1.29 is 9.47 Å². The Kier molecular flexibility index (Phi) is 21.2. The molecule has 2 nitrogen and oxygen atoms in total. The Morgan fingerprint density at radius 2 is 1.12 bits per heavy atom. The van der Waals surface area contributed by atoms with E-state index in [1.165, 1.54) is 103 Å². The molecule has 1 aliphatic heterocycles. The molecule has 1 heterocycles. The standard InChI is InChI=1S/C15H30O2.C9H20/c1-3-4-5-6-7-8-9-12-16-13-15-11-10-14(2)17-15;1-3-5-7-9-8-6-4-2/h14-15H,3-13H2,1-2H3;3-9H2,1-2H3. The lowest BCUT2D eigenvalue weighted by molar-refractivity contribution is -0.00989. The van der Waals surface area contributed by atoms with Crippen LogP contribution in [0.5, 0.6) is 0 Å². The van der Waals surface area contributed by atoms with E-state index in [1.54, 1.807) is 0 Å². The smallest absolute Gasteiger partial charge is 0.0813 e. The third kappa shape index (κ3) is 18.7. The number of hydrogen-bond acceptors (Lipinski definition) is 2. The summed E-state index contributed by atoms with van der Waals surface area (Å²) in [5, 5.41) is 0. The third-order valence-electron chi connectivity index (χ3n) is 5.22. The predicted molar refractivity (Wildman–Crippen MR) is 116 cm³/mol. The second-order valence-electron chi connectivity index (χ2n) is 8.11. The van der Waals surface area contributed by atoms with Crippen LogP contribution in [0.4, 0.5) is 0 Å². The maximum absolute atomic E-state index is 5.71. The van der Waals surface area contributed by atoms with Crippen LogP contribution in [-0.4, -0.2) is 25.4 Å². The average Bonchev–Trinajstić information content (AvgIpc) is 3.06. The van der Waals surface area contributed by atoms with Crippen LogP contribution in [0.15, 0.2) is 0 Å². The molecule has 2 unspecified atom stereocenters. The highest BCUT2D eigenvalue weighted by Gasteiger charge is 2.21. The van der Waals surface area contributed by atoms with Crippen LogP contribution in [0, 0.1) is 0 Å². The van der Waals surface area contributed by atoms with Crippen molar-refractivity contribution in [3.8, 4) is 0 Å². The molecule has 1 rings (SSSR count). The molecule has 0 saturated carbocycles. The van der Waals surface area contributed by atoms with Crippen molar-refractivity contribution in [3.63, 3.8) is 0 Å². The molecule has 158 valence electrons. The molecule has 0 radical (unpaired) electrons. The first-order chi connectivity index (χ1) is 12.7. The summed E-state index contributed by atoms with van der Waals surface area (Å²) in [5.41, 5.74) is 0. The highest BCUT2D eigenvalue weighted by Crippen LogP contribution is 2.19. The molecule has 2 atom stereocenters. The topological polar surface area (TPSA) is 18.5 Å². The van der Waals surface area contributed by atoms with E-state index in [4.69, 9.17) is 9.47 Å². The molecular formula is C24H50O2. The van der Waals surface area contributed by atoms with E-state index in [0.717, 1.165) is 13.2 Å². The molecule has 0 aliphatic carbocycles. The molecule has 26 heavy (non-hydrogen) atoms. The first-order valence-electron chi connectivity index (χ1n) is 12.0. The van der Waals surface area contributed by atoms with Crippen LogP contribution in [0.3, 0.4) is 0 Å². The second-order valence-corrected chi connectivity index (χ2v) is 8.11. The molecule has 2 heteroatoms. The minimum atomic E-state index is 0.370. The molecule has 0 bridgehead atoms. The van der Waals surface area contributed by atoms with Gasteiger partial charge in [0.15, 0.2) is 0 Å². The van der Waals surface area contributed by atoms with E-state index >= 15 is 0 Å².